The number of phenolic OH excluding ortho intramolecular Hbond substituents is 3. The van der Waals surface area contributed by atoms with Gasteiger partial charge in [0.15, 0.2) is 5.78 Å². The monoisotopic (exact) mass is 418 g/mol. The minimum absolute atomic E-state index is 0.00466. The Kier molecular flexibility index (Phi) is 4.32. The van der Waals surface area contributed by atoms with Gasteiger partial charge in [0, 0.05) is 17.5 Å². The summed E-state index contributed by atoms with van der Waals surface area (Å²) in [7, 11) is 0. The molecule has 7 heteroatoms. The predicted molar refractivity (Wildman–Crippen MR) is 109 cm³/mol. The summed E-state index contributed by atoms with van der Waals surface area (Å²) in [5.41, 5.74) is 1.82. The van der Waals surface area contributed by atoms with E-state index < -0.39 is 18.0 Å². The van der Waals surface area contributed by atoms with Crippen LogP contribution in [-0.2, 0) is 4.79 Å². The largest absolute Gasteiger partial charge is 0.508 e. The molecular formula is C24H18O7. The molecule has 2 aliphatic heterocycles. The smallest absolute Gasteiger partial charge is 0.312 e. The number of rotatable bonds is 2. The molecule has 0 bridgehead atoms. The number of ether oxygens (including phenoxy) is 2. The van der Waals surface area contributed by atoms with Crippen molar-refractivity contribution in [2.75, 3.05) is 0 Å². The van der Waals surface area contributed by atoms with Gasteiger partial charge in [0.05, 0.1) is 12.8 Å². The summed E-state index contributed by atoms with van der Waals surface area (Å²) in [6.45, 7) is 0. The molecule has 0 unspecified atom stereocenters. The molecule has 0 amide bonds. The highest BCUT2D eigenvalue weighted by atomic mass is 16.5. The average molecular weight is 418 g/mol. The van der Waals surface area contributed by atoms with E-state index in [-0.39, 0.29) is 52.9 Å². The van der Waals surface area contributed by atoms with E-state index in [1.807, 2.05) is 0 Å². The molecule has 156 valence electrons. The van der Waals surface area contributed by atoms with Gasteiger partial charge in [-0.25, -0.2) is 0 Å². The molecule has 0 saturated carbocycles. The highest BCUT2D eigenvalue weighted by molar-refractivity contribution is 6.03. The number of aromatic hydroxyl groups is 3. The third-order valence-corrected chi connectivity index (χ3v) is 5.69. The number of carbonyl (C=O) groups is 2. The van der Waals surface area contributed by atoms with Crippen molar-refractivity contribution >= 4 is 11.8 Å². The molecule has 5 rings (SSSR count). The van der Waals surface area contributed by atoms with Crippen LogP contribution in [0.4, 0.5) is 0 Å². The lowest BCUT2D eigenvalue weighted by Crippen LogP contribution is -2.25. The Bertz CT molecular complexity index is 1200. The van der Waals surface area contributed by atoms with Crippen LogP contribution in [0.15, 0.2) is 54.6 Å². The van der Waals surface area contributed by atoms with Gasteiger partial charge in [0.1, 0.15) is 40.4 Å². The van der Waals surface area contributed by atoms with Crippen molar-refractivity contribution in [3.63, 3.8) is 0 Å². The van der Waals surface area contributed by atoms with Crippen LogP contribution in [-0.4, -0.2) is 27.1 Å². The zero-order valence-electron chi connectivity index (χ0n) is 16.2. The molecule has 2 atom stereocenters. The lowest BCUT2D eigenvalue weighted by molar-refractivity contribution is -0.135. The highest BCUT2D eigenvalue weighted by Crippen LogP contribution is 2.51. The second-order valence-electron chi connectivity index (χ2n) is 7.66. The lowest BCUT2D eigenvalue weighted by atomic mass is 9.83. The third-order valence-electron chi connectivity index (χ3n) is 5.69. The minimum atomic E-state index is -0.592. The summed E-state index contributed by atoms with van der Waals surface area (Å²) in [6.07, 6.45) is -0.575. The third kappa shape index (κ3) is 3.24. The second-order valence-corrected chi connectivity index (χ2v) is 7.66. The van der Waals surface area contributed by atoms with E-state index in [0.717, 1.165) is 0 Å². The molecule has 0 aliphatic carbocycles. The van der Waals surface area contributed by atoms with Gasteiger partial charge >= 0.3 is 5.97 Å². The van der Waals surface area contributed by atoms with E-state index in [0.29, 0.717) is 16.7 Å². The molecule has 0 saturated heterocycles. The summed E-state index contributed by atoms with van der Waals surface area (Å²) >= 11 is 0. The molecule has 3 aromatic rings. The number of hydrogen-bond donors (Lipinski definition) is 3. The Labute approximate surface area is 177 Å². The van der Waals surface area contributed by atoms with Gasteiger partial charge in [-0.3, -0.25) is 9.59 Å². The fourth-order valence-electron chi connectivity index (χ4n) is 4.19. The van der Waals surface area contributed by atoms with Gasteiger partial charge in [0.2, 0.25) is 0 Å². The quantitative estimate of drug-likeness (QED) is 0.427. The predicted octanol–water partition coefficient (Wildman–Crippen LogP) is 3.95. The Morgan fingerprint density at radius 2 is 1.39 bits per heavy atom. The van der Waals surface area contributed by atoms with Crippen LogP contribution >= 0.6 is 0 Å². The lowest BCUT2D eigenvalue weighted by Gasteiger charge is -2.31. The van der Waals surface area contributed by atoms with E-state index in [2.05, 4.69) is 0 Å². The maximum atomic E-state index is 13.0. The van der Waals surface area contributed by atoms with Crippen molar-refractivity contribution in [1.29, 1.82) is 0 Å². The van der Waals surface area contributed by atoms with E-state index in [9.17, 15) is 24.9 Å². The van der Waals surface area contributed by atoms with Crippen LogP contribution in [0.5, 0.6) is 28.7 Å². The van der Waals surface area contributed by atoms with E-state index >= 15 is 0 Å². The topological polar surface area (TPSA) is 113 Å². The fraction of sp³-hybridized carbons (Fsp3) is 0.167. The second kappa shape index (κ2) is 7.05. The first-order valence-electron chi connectivity index (χ1n) is 9.79. The maximum Gasteiger partial charge on any atom is 0.312 e. The molecule has 3 aromatic carbocycles. The van der Waals surface area contributed by atoms with Crippen LogP contribution in [0, 0.1) is 0 Å². The Morgan fingerprint density at radius 1 is 0.774 bits per heavy atom. The van der Waals surface area contributed by atoms with Crippen LogP contribution in [0.25, 0.3) is 0 Å². The molecule has 2 aliphatic rings. The van der Waals surface area contributed by atoms with Crippen LogP contribution in [0.1, 0.15) is 51.9 Å². The van der Waals surface area contributed by atoms with E-state index in [1.54, 1.807) is 24.3 Å². The molecule has 0 radical (unpaired) electrons. The molecule has 7 nitrogen and oxygen atoms in total. The zero-order chi connectivity index (χ0) is 21.7. The number of ketones is 1. The summed E-state index contributed by atoms with van der Waals surface area (Å²) in [5.74, 6) is -1.07. The molecule has 2 heterocycles. The zero-order valence-corrected chi connectivity index (χ0v) is 16.2. The number of Topliss-reactive ketones (excluding diaryl/α,β-unsaturated/α-hetero) is 1. The molecule has 0 aromatic heterocycles. The van der Waals surface area contributed by atoms with Crippen LogP contribution < -0.4 is 9.47 Å². The van der Waals surface area contributed by atoms with Gasteiger partial charge in [-0.2, -0.15) is 0 Å². The average Bonchev–Trinajstić information content (AvgIpc) is 2.73. The number of carbonyl (C=O) groups excluding carboxylic acids is 2. The first kappa shape index (κ1) is 19.0. The Morgan fingerprint density at radius 3 is 2.03 bits per heavy atom. The summed E-state index contributed by atoms with van der Waals surface area (Å²) in [4.78, 5) is 25.2. The van der Waals surface area contributed by atoms with Gasteiger partial charge < -0.3 is 24.8 Å². The maximum absolute atomic E-state index is 13.0. The van der Waals surface area contributed by atoms with E-state index in [1.165, 1.54) is 30.3 Å². The standard InChI is InChI=1S/C24H18O7/c25-14-5-1-12(2-6-14)16-9-21(28)31-19-11-20-23(24(29)22(16)19)17(27)10-18(30-20)13-3-7-15(26)8-4-13/h1-8,11,16,18,25-26,29H,9-10H2/t16-,18+/m0/s1. The van der Waals surface area contributed by atoms with Gasteiger partial charge in [0.25, 0.3) is 0 Å². The summed E-state index contributed by atoms with van der Waals surface area (Å²) < 4.78 is 11.4. The molecule has 0 spiro atoms. The fourth-order valence-corrected chi connectivity index (χ4v) is 4.19. The van der Waals surface area contributed by atoms with Crippen LogP contribution in [0.2, 0.25) is 0 Å². The molecular weight excluding hydrogens is 400 g/mol. The van der Waals surface area contributed by atoms with Crippen molar-refractivity contribution in [3.05, 3.63) is 76.9 Å². The number of hydrogen-bond acceptors (Lipinski definition) is 7. The molecule has 3 N–H and O–H groups in total. The number of benzene rings is 3. The summed E-state index contributed by atoms with van der Waals surface area (Å²) in [5, 5.41) is 30.1. The van der Waals surface area contributed by atoms with Crippen molar-refractivity contribution in [3.8, 4) is 28.7 Å². The van der Waals surface area contributed by atoms with E-state index in [4.69, 9.17) is 9.47 Å². The van der Waals surface area contributed by atoms with Crippen molar-refractivity contribution < 1.29 is 34.4 Å². The number of fused-ring (bicyclic) bond motifs is 2. The van der Waals surface area contributed by atoms with Gasteiger partial charge in [-0.15, -0.1) is 0 Å². The first-order valence-corrected chi connectivity index (χ1v) is 9.79. The number of esters is 1. The highest BCUT2D eigenvalue weighted by Gasteiger charge is 2.38. The normalized spacial score (nSPS) is 19.7. The summed E-state index contributed by atoms with van der Waals surface area (Å²) in [6, 6.07) is 14.1. The Hall–Kier alpha value is -4.00. The SMILES string of the molecule is O=C1C[C@@H](c2ccc(O)cc2)c2c(cc3c(c2O)C(=O)C[C@H](c2ccc(O)cc2)O3)O1. The van der Waals surface area contributed by atoms with Crippen molar-refractivity contribution in [1.82, 2.24) is 0 Å². The molecule has 31 heavy (non-hydrogen) atoms. The van der Waals surface area contributed by atoms with Crippen LogP contribution in [0.3, 0.4) is 0 Å². The van der Waals surface area contributed by atoms with Crippen molar-refractivity contribution in [2.45, 2.75) is 24.9 Å². The Balaban J connectivity index is 1.59. The van der Waals surface area contributed by atoms with Gasteiger partial charge in [-0.05, 0) is 35.4 Å². The molecule has 0 fully saturated rings. The number of phenols is 3. The van der Waals surface area contributed by atoms with Crippen molar-refractivity contribution in [2.24, 2.45) is 0 Å². The minimum Gasteiger partial charge on any atom is -0.508 e. The van der Waals surface area contributed by atoms with Gasteiger partial charge in [-0.1, -0.05) is 24.3 Å². The first-order chi connectivity index (χ1) is 14.9.